The second kappa shape index (κ2) is 6.53. The Balaban J connectivity index is 2.16. The Hall–Kier alpha value is -0.810. The highest BCUT2D eigenvalue weighted by molar-refractivity contribution is 6.21. The summed E-state index contributed by atoms with van der Waals surface area (Å²) in [7, 11) is 0. The Morgan fingerprint density at radius 1 is 1.14 bits per heavy atom. The van der Waals surface area contributed by atoms with E-state index in [2.05, 4.69) is 0 Å². The van der Waals surface area contributed by atoms with E-state index in [1.807, 2.05) is 6.92 Å². The molecule has 0 aromatic heterocycles. The fraction of sp³-hybridized carbons (Fsp3) is 0.600. The van der Waals surface area contributed by atoms with Crippen LogP contribution in [0.5, 0.6) is 0 Å². The fourth-order valence-electron chi connectivity index (χ4n) is 2.90. The number of hydrogen-bond acceptors (Lipinski definition) is 1. The van der Waals surface area contributed by atoms with E-state index >= 15 is 0 Å². The Morgan fingerprint density at radius 2 is 1.67 bits per heavy atom. The van der Waals surface area contributed by atoms with Gasteiger partial charge in [-0.1, -0.05) is 0 Å². The highest BCUT2D eigenvalue weighted by atomic mass is 35.5. The van der Waals surface area contributed by atoms with Crippen molar-refractivity contribution in [1.82, 2.24) is 0 Å². The summed E-state index contributed by atoms with van der Waals surface area (Å²) in [6.45, 7) is 2.56. The maximum atomic E-state index is 13.7. The quantitative estimate of drug-likeness (QED) is 0.538. The molecule has 0 unspecified atom stereocenters. The van der Waals surface area contributed by atoms with Crippen LogP contribution >= 0.6 is 11.6 Å². The molecule has 0 N–H and O–H groups in total. The molecule has 21 heavy (non-hydrogen) atoms. The molecular formula is C15H17ClF4O. The zero-order valence-corrected chi connectivity index (χ0v) is 12.4. The SMILES string of the molecule is CCOC1CCC(c2cc(F)c(C(F)(F)Cl)c(F)c2)CC1. The lowest BCUT2D eigenvalue weighted by molar-refractivity contribution is 0.0327. The van der Waals surface area contributed by atoms with Crippen LogP contribution in [-0.4, -0.2) is 12.7 Å². The third kappa shape index (κ3) is 3.89. The highest BCUT2D eigenvalue weighted by Gasteiger charge is 2.36. The Kier molecular flexibility index (Phi) is 5.15. The van der Waals surface area contributed by atoms with Gasteiger partial charge in [-0.3, -0.25) is 0 Å². The molecular weight excluding hydrogens is 308 g/mol. The first-order valence-corrected chi connectivity index (χ1v) is 7.38. The largest absolute Gasteiger partial charge is 0.379 e. The van der Waals surface area contributed by atoms with Crippen molar-refractivity contribution in [2.75, 3.05) is 6.61 Å². The van der Waals surface area contributed by atoms with Gasteiger partial charge in [-0.15, -0.1) is 0 Å². The van der Waals surface area contributed by atoms with Gasteiger partial charge in [0.25, 0.3) is 0 Å². The first-order valence-electron chi connectivity index (χ1n) is 7.00. The number of rotatable bonds is 4. The molecule has 6 heteroatoms. The van der Waals surface area contributed by atoms with Crippen LogP contribution in [0.25, 0.3) is 0 Å². The van der Waals surface area contributed by atoms with Crippen molar-refractivity contribution in [2.45, 2.75) is 50.0 Å². The number of hydrogen-bond donors (Lipinski definition) is 0. The van der Waals surface area contributed by atoms with E-state index in [4.69, 9.17) is 16.3 Å². The number of benzene rings is 1. The molecule has 0 amide bonds. The molecule has 118 valence electrons. The zero-order chi connectivity index (χ0) is 15.6. The van der Waals surface area contributed by atoms with Crippen molar-refractivity contribution in [3.8, 4) is 0 Å². The topological polar surface area (TPSA) is 9.23 Å². The third-order valence-electron chi connectivity index (χ3n) is 3.90. The van der Waals surface area contributed by atoms with Crippen LogP contribution in [0.4, 0.5) is 17.6 Å². The van der Waals surface area contributed by atoms with Crippen LogP contribution in [-0.2, 0) is 10.1 Å². The molecule has 0 aliphatic heterocycles. The van der Waals surface area contributed by atoms with E-state index in [0.29, 0.717) is 12.2 Å². The van der Waals surface area contributed by atoms with Gasteiger partial charge >= 0.3 is 5.38 Å². The molecule has 1 aromatic rings. The van der Waals surface area contributed by atoms with Gasteiger partial charge in [-0.2, -0.15) is 8.78 Å². The summed E-state index contributed by atoms with van der Waals surface area (Å²) < 4.78 is 58.9. The van der Waals surface area contributed by atoms with Gasteiger partial charge in [-0.05, 0) is 67.8 Å². The molecule has 0 saturated heterocycles. The van der Waals surface area contributed by atoms with Crippen molar-refractivity contribution < 1.29 is 22.3 Å². The average molecular weight is 325 g/mol. The molecule has 1 saturated carbocycles. The van der Waals surface area contributed by atoms with E-state index in [-0.39, 0.29) is 12.0 Å². The van der Waals surface area contributed by atoms with Crippen LogP contribution in [0.1, 0.15) is 49.7 Å². The Bertz CT molecular complexity index is 470. The molecule has 1 nitrogen and oxygen atoms in total. The first kappa shape index (κ1) is 16.6. The lowest BCUT2D eigenvalue weighted by atomic mass is 9.82. The minimum Gasteiger partial charge on any atom is -0.379 e. The van der Waals surface area contributed by atoms with E-state index in [1.165, 1.54) is 0 Å². The summed E-state index contributed by atoms with van der Waals surface area (Å²) in [6, 6.07) is 1.95. The summed E-state index contributed by atoms with van der Waals surface area (Å²) >= 11 is 4.73. The Morgan fingerprint density at radius 3 is 2.10 bits per heavy atom. The van der Waals surface area contributed by atoms with Gasteiger partial charge in [0.1, 0.15) is 17.2 Å². The third-order valence-corrected chi connectivity index (χ3v) is 4.08. The van der Waals surface area contributed by atoms with Crippen molar-refractivity contribution in [3.63, 3.8) is 0 Å². The van der Waals surface area contributed by atoms with Crippen molar-refractivity contribution >= 4 is 11.6 Å². The molecule has 0 radical (unpaired) electrons. The van der Waals surface area contributed by atoms with Crippen LogP contribution < -0.4 is 0 Å². The molecule has 2 rings (SSSR count). The monoisotopic (exact) mass is 324 g/mol. The molecule has 1 aromatic carbocycles. The van der Waals surface area contributed by atoms with Gasteiger partial charge in [0, 0.05) is 6.61 Å². The molecule has 1 aliphatic rings. The lowest BCUT2D eigenvalue weighted by Gasteiger charge is -2.29. The van der Waals surface area contributed by atoms with Crippen LogP contribution in [0, 0.1) is 11.6 Å². The summed E-state index contributed by atoms with van der Waals surface area (Å²) in [5, 5.41) is -4.04. The van der Waals surface area contributed by atoms with E-state index < -0.39 is 22.6 Å². The minimum absolute atomic E-state index is 0.0382. The summed E-state index contributed by atoms with van der Waals surface area (Å²) in [5.41, 5.74) is -0.972. The molecule has 1 fully saturated rings. The van der Waals surface area contributed by atoms with Crippen molar-refractivity contribution in [1.29, 1.82) is 0 Å². The van der Waals surface area contributed by atoms with Crippen molar-refractivity contribution in [3.05, 3.63) is 34.9 Å². The molecule has 0 bridgehead atoms. The lowest BCUT2D eigenvalue weighted by Crippen LogP contribution is -2.21. The van der Waals surface area contributed by atoms with Gasteiger partial charge in [0.05, 0.1) is 6.10 Å². The highest BCUT2D eigenvalue weighted by Crippen LogP contribution is 2.39. The summed E-state index contributed by atoms with van der Waals surface area (Å²) in [6.07, 6.45) is 3.22. The summed E-state index contributed by atoms with van der Waals surface area (Å²) in [4.78, 5) is 0. The van der Waals surface area contributed by atoms with Crippen LogP contribution in [0.15, 0.2) is 12.1 Å². The zero-order valence-electron chi connectivity index (χ0n) is 11.6. The van der Waals surface area contributed by atoms with Gasteiger partial charge < -0.3 is 4.74 Å². The molecule has 0 heterocycles. The molecule has 0 spiro atoms. The van der Waals surface area contributed by atoms with Gasteiger partial charge in [0.15, 0.2) is 0 Å². The standard InChI is InChI=1S/C15H17ClF4O/c1-2-21-11-5-3-9(4-6-11)10-7-12(17)14(13(18)8-10)15(16,19)20/h7-9,11H,2-6H2,1H3. The van der Waals surface area contributed by atoms with E-state index in [9.17, 15) is 17.6 Å². The maximum Gasteiger partial charge on any atom is 0.353 e. The number of ether oxygens (including phenoxy) is 1. The van der Waals surface area contributed by atoms with Crippen LogP contribution in [0.2, 0.25) is 0 Å². The van der Waals surface area contributed by atoms with Crippen molar-refractivity contribution in [2.24, 2.45) is 0 Å². The first-order chi connectivity index (χ1) is 9.82. The molecule has 1 aliphatic carbocycles. The maximum absolute atomic E-state index is 13.7. The van der Waals surface area contributed by atoms with Crippen LogP contribution in [0.3, 0.4) is 0 Å². The predicted octanol–water partition coefficient (Wildman–Crippen LogP) is 5.32. The fourth-order valence-corrected chi connectivity index (χ4v) is 3.08. The number of alkyl halides is 3. The van der Waals surface area contributed by atoms with E-state index in [0.717, 1.165) is 37.8 Å². The molecule has 0 atom stereocenters. The minimum atomic E-state index is -4.04. The average Bonchev–Trinajstić information content (AvgIpc) is 2.37. The smallest absolute Gasteiger partial charge is 0.353 e. The number of halogens is 5. The summed E-state index contributed by atoms with van der Waals surface area (Å²) in [5.74, 6) is -2.63. The Labute approximate surface area is 126 Å². The second-order valence-electron chi connectivity index (χ2n) is 5.29. The van der Waals surface area contributed by atoms with Gasteiger partial charge in [-0.25, -0.2) is 8.78 Å². The predicted molar refractivity (Wildman–Crippen MR) is 72.7 cm³/mol. The second-order valence-corrected chi connectivity index (χ2v) is 5.76. The van der Waals surface area contributed by atoms with E-state index in [1.54, 1.807) is 0 Å². The van der Waals surface area contributed by atoms with Gasteiger partial charge in [0.2, 0.25) is 0 Å². The normalized spacial score (nSPS) is 23.3.